The van der Waals surface area contributed by atoms with Crippen molar-refractivity contribution in [2.24, 2.45) is 0 Å². The Hall–Kier alpha value is 1.54. The van der Waals surface area contributed by atoms with Crippen LogP contribution in [0, 0.1) is 0 Å². The number of hydrogen-bond donors (Lipinski definition) is 0. The van der Waals surface area contributed by atoms with Gasteiger partial charge in [0, 0.05) is 23.9 Å². The average molecular weight is 223 g/mol. The van der Waals surface area contributed by atoms with Crippen LogP contribution in [0.1, 0.15) is 7.43 Å². The van der Waals surface area contributed by atoms with Crippen LogP contribution >= 0.6 is 10.6 Å². The summed E-state index contributed by atoms with van der Waals surface area (Å²) in [6.07, 6.45) is 0. The maximum absolute atomic E-state index is 3.83. The van der Waals surface area contributed by atoms with E-state index in [1.165, 1.54) is 0 Å². The van der Waals surface area contributed by atoms with Gasteiger partial charge in [0.05, 0.1) is 0 Å². The Morgan fingerprint density at radius 3 is 1.25 bits per heavy atom. The molecule has 3 heteroatoms. The van der Waals surface area contributed by atoms with E-state index in [1.807, 2.05) is 0 Å². The van der Waals surface area contributed by atoms with Crippen LogP contribution in [0.15, 0.2) is 0 Å². The summed E-state index contributed by atoms with van der Waals surface area (Å²) in [5, 5.41) is 0. The Balaban J connectivity index is -0.00000000500. The summed E-state index contributed by atoms with van der Waals surface area (Å²) in [6, 6.07) is 0. The van der Waals surface area contributed by atoms with E-state index in [1.54, 1.807) is 0 Å². The Morgan fingerprint density at radius 2 is 1.25 bits per heavy atom. The molecule has 0 bridgehead atoms. The van der Waals surface area contributed by atoms with E-state index in [2.05, 4.69) is 24.9 Å². The fraction of sp³-hybridized carbons (Fsp3) is 1.00. The first kappa shape index (κ1) is 17.7. The molecular weight excluding hydrogens is 219 g/mol. The monoisotopic (exact) mass is 224 g/mol. The van der Waals surface area contributed by atoms with Gasteiger partial charge in [0.1, 0.15) is 0 Å². The zero-order valence-electron chi connectivity index (χ0n) is 1.26. The van der Waals surface area contributed by atoms with Crippen LogP contribution in [0.25, 0.3) is 0 Å². The van der Waals surface area contributed by atoms with E-state index < -0.39 is 0 Å². The van der Waals surface area contributed by atoms with Gasteiger partial charge in [0.2, 0.25) is 0 Å². The molecule has 0 spiro atoms. The fourth-order valence-electron chi connectivity index (χ4n) is 0. The third kappa shape index (κ3) is 9.63. The molecule has 0 aliphatic carbocycles. The van der Waals surface area contributed by atoms with E-state index >= 15 is 0 Å². The van der Waals surface area contributed by atoms with E-state index in [-0.39, 0.29) is 31.3 Å². The van der Waals surface area contributed by atoms with Gasteiger partial charge >= 0.3 is 24.9 Å². The first-order valence-corrected chi connectivity index (χ1v) is 1.79. The SMILES string of the molecule is C.[S]=[Fe].[Sn]. The summed E-state index contributed by atoms with van der Waals surface area (Å²) in [5.74, 6) is 0. The van der Waals surface area contributed by atoms with Crippen LogP contribution in [-0.4, -0.2) is 23.9 Å². The van der Waals surface area contributed by atoms with Crippen LogP contribution in [0.3, 0.4) is 0 Å². The largest absolute Gasteiger partial charge is 0 e. The minimum atomic E-state index is 0. The van der Waals surface area contributed by atoms with Gasteiger partial charge in [-0.15, -0.1) is 0 Å². The zero-order chi connectivity index (χ0) is 2.00. The Kier molecular flexibility index (Phi) is 106. The molecule has 0 aliphatic rings. The van der Waals surface area contributed by atoms with E-state index in [0.29, 0.717) is 0 Å². The minimum absolute atomic E-state index is 0. The molecule has 0 aliphatic heterocycles. The van der Waals surface area contributed by atoms with Crippen molar-refractivity contribution in [3.05, 3.63) is 0 Å². The molecule has 0 unspecified atom stereocenters. The normalized spacial score (nSPS) is 1.25. The summed E-state index contributed by atoms with van der Waals surface area (Å²) >= 11 is 2.83. The molecule has 0 nitrogen and oxygen atoms in total. The number of rotatable bonds is 0. The molecule has 0 amide bonds. The maximum atomic E-state index is 3.83. The van der Waals surface area contributed by atoms with Crippen molar-refractivity contribution in [2.75, 3.05) is 0 Å². The second kappa shape index (κ2) is 24.0. The molecule has 0 saturated heterocycles. The standard InChI is InChI=1S/CH4.Fe.S.Sn/h1H4;;;. The van der Waals surface area contributed by atoms with Gasteiger partial charge in [-0.05, 0) is 0 Å². The van der Waals surface area contributed by atoms with E-state index in [4.69, 9.17) is 0 Å². The van der Waals surface area contributed by atoms with Gasteiger partial charge < -0.3 is 0 Å². The molecule has 0 atom stereocenters. The van der Waals surface area contributed by atoms with Crippen molar-refractivity contribution in [2.45, 2.75) is 7.43 Å². The van der Waals surface area contributed by atoms with Crippen molar-refractivity contribution in [3.8, 4) is 0 Å². The minimum Gasteiger partial charge on any atom is 0 e. The van der Waals surface area contributed by atoms with Gasteiger partial charge in [-0.25, -0.2) is 0 Å². The molecule has 0 saturated carbocycles. The summed E-state index contributed by atoms with van der Waals surface area (Å²) in [4.78, 5) is 0. The molecule has 0 heterocycles. The zero-order valence-corrected chi connectivity index (χ0v) is 6.04. The summed E-state index contributed by atoms with van der Waals surface area (Å²) in [7, 11) is 3.83. The second-order valence-electron chi connectivity index (χ2n) is 0. The molecule has 0 rings (SSSR count). The number of hydrogen-bond acceptors (Lipinski definition) is 1. The maximum Gasteiger partial charge on any atom is 0 e. The molecule has 0 aromatic rings. The van der Waals surface area contributed by atoms with Crippen LogP contribution in [0.2, 0.25) is 0 Å². The van der Waals surface area contributed by atoms with Gasteiger partial charge in [-0.2, -0.15) is 0 Å². The Labute approximate surface area is 56.0 Å². The first-order valence-electron chi connectivity index (χ1n) is 0.144. The van der Waals surface area contributed by atoms with Gasteiger partial charge in [0.25, 0.3) is 0 Å². The quantitative estimate of drug-likeness (QED) is 0.549. The van der Waals surface area contributed by atoms with Crippen LogP contribution in [0.5, 0.6) is 0 Å². The van der Waals surface area contributed by atoms with E-state index in [9.17, 15) is 0 Å². The predicted molar refractivity (Wildman–Crippen MR) is 20.1 cm³/mol. The third-order valence-electron chi connectivity index (χ3n) is 0. The molecule has 26 valence electrons. The molecule has 0 fully saturated rings. The summed E-state index contributed by atoms with van der Waals surface area (Å²) in [5.41, 5.74) is 0. The van der Waals surface area contributed by atoms with E-state index in [0.717, 1.165) is 0 Å². The van der Waals surface area contributed by atoms with Gasteiger partial charge in [0.15, 0.2) is 0 Å². The molecule has 4 radical (unpaired) electrons. The van der Waals surface area contributed by atoms with Crippen molar-refractivity contribution < 1.29 is 14.4 Å². The first-order chi connectivity index (χ1) is 1.00. The van der Waals surface area contributed by atoms with Crippen molar-refractivity contribution in [3.63, 3.8) is 0 Å². The van der Waals surface area contributed by atoms with Crippen molar-refractivity contribution in [1.82, 2.24) is 0 Å². The van der Waals surface area contributed by atoms with Crippen molar-refractivity contribution in [1.29, 1.82) is 0 Å². The summed E-state index contributed by atoms with van der Waals surface area (Å²) < 4.78 is 0. The third-order valence-corrected chi connectivity index (χ3v) is 0. The Morgan fingerprint density at radius 1 is 1.25 bits per heavy atom. The topological polar surface area (TPSA) is 0 Å². The summed E-state index contributed by atoms with van der Waals surface area (Å²) in [6.45, 7) is 0. The smallest absolute Gasteiger partial charge is 0 e. The van der Waals surface area contributed by atoms with Crippen LogP contribution in [0.4, 0.5) is 0 Å². The van der Waals surface area contributed by atoms with Crippen LogP contribution < -0.4 is 0 Å². The predicted octanol–water partition coefficient (Wildman–Crippen LogP) is 0.901. The Bertz CT molecular complexity index is 8.00. The van der Waals surface area contributed by atoms with Gasteiger partial charge in [-0.1, -0.05) is 7.43 Å². The second-order valence-corrected chi connectivity index (χ2v) is 0. The van der Waals surface area contributed by atoms with Gasteiger partial charge in [-0.3, -0.25) is 0 Å². The van der Waals surface area contributed by atoms with Crippen molar-refractivity contribution >= 4 is 34.5 Å². The molecule has 4 heavy (non-hydrogen) atoms. The molecule has 0 aromatic carbocycles. The molecular formula is CH4FeSSn. The fourth-order valence-corrected chi connectivity index (χ4v) is 0. The average Bonchev–Trinajstić information content (AvgIpc) is 1.00. The van der Waals surface area contributed by atoms with Crippen LogP contribution in [-0.2, 0) is 14.4 Å². The molecule has 0 N–H and O–H groups in total. The molecule has 0 aromatic heterocycles.